The second-order valence-electron chi connectivity index (χ2n) is 3.65. The Labute approximate surface area is 85.1 Å². The summed E-state index contributed by atoms with van der Waals surface area (Å²) in [5.41, 5.74) is 2.26. The average molecular weight is 194 g/mol. The molecule has 1 heterocycles. The highest BCUT2D eigenvalue weighted by Gasteiger charge is 2.03. The minimum absolute atomic E-state index is 0.351. The Morgan fingerprint density at radius 2 is 2.29 bits per heavy atom. The third kappa shape index (κ3) is 2.98. The number of carbonyl (C=O) groups is 1. The normalized spacial score (nSPS) is 10.5. The van der Waals surface area contributed by atoms with E-state index in [9.17, 15) is 4.79 Å². The second-order valence-corrected chi connectivity index (χ2v) is 3.65. The van der Waals surface area contributed by atoms with Crippen LogP contribution in [0.25, 0.3) is 0 Å². The fraction of sp³-hybridized carbons (Fsp3) is 0.636. The number of nitrogens with zero attached hydrogens (tertiary/aromatic N) is 2. The number of aryl methyl sites for hydroxylation is 3. The largest absolute Gasteiger partial charge is 0.300 e. The highest BCUT2D eigenvalue weighted by Crippen LogP contribution is 2.07. The quantitative estimate of drug-likeness (QED) is 0.719. The molecule has 0 radical (unpaired) electrons. The Morgan fingerprint density at radius 3 is 2.79 bits per heavy atom. The monoisotopic (exact) mass is 194 g/mol. The molecule has 78 valence electrons. The van der Waals surface area contributed by atoms with Crippen LogP contribution in [0.5, 0.6) is 0 Å². The minimum Gasteiger partial charge on any atom is -0.300 e. The van der Waals surface area contributed by atoms with Crippen molar-refractivity contribution in [1.82, 2.24) is 9.78 Å². The third-order valence-corrected chi connectivity index (χ3v) is 2.38. The van der Waals surface area contributed by atoms with Crippen LogP contribution >= 0.6 is 0 Å². The maximum atomic E-state index is 11.1. The van der Waals surface area contributed by atoms with Crippen molar-refractivity contribution in [1.29, 1.82) is 0 Å². The van der Waals surface area contributed by atoms with Gasteiger partial charge in [0.25, 0.3) is 0 Å². The van der Waals surface area contributed by atoms with Gasteiger partial charge in [0.15, 0.2) is 0 Å². The van der Waals surface area contributed by atoms with Gasteiger partial charge in [0, 0.05) is 25.6 Å². The zero-order chi connectivity index (χ0) is 10.6. The van der Waals surface area contributed by atoms with E-state index in [1.165, 1.54) is 5.69 Å². The molecule has 0 unspecified atom stereocenters. The first-order valence-electron chi connectivity index (χ1n) is 5.14. The first-order chi connectivity index (χ1) is 6.63. The number of Topliss-reactive ketones (excluding diaryl/α,β-unsaturated/α-hetero) is 1. The van der Waals surface area contributed by atoms with E-state index in [0.29, 0.717) is 18.6 Å². The van der Waals surface area contributed by atoms with Crippen LogP contribution in [0.4, 0.5) is 0 Å². The third-order valence-electron chi connectivity index (χ3n) is 2.38. The molecule has 0 atom stereocenters. The van der Waals surface area contributed by atoms with Gasteiger partial charge in [0.1, 0.15) is 5.78 Å². The molecule has 14 heavy (non-hydrogen) atoms. The molecule has 0 aliphatic rings. The molecule has 0 saturated carbocycles. The summed E-state index contributed by atoms with van der Waals surface area (Å²) in [5.74, 6) is 0.351. The lowest BCUT2D eigenvalue weighted by Crippen LogP contribution is -2.01. The summed E-state index contributed by atoms with van der Waals surface area (Å²) >= 11 is 0. The van der Waals surface area contributed by atoms with Gasteiger partial charge in [0.05, 0.1) is 5.69 Å². The highest BCUT2D eigenvalue weighted by molar-refractivity contribution is 5.77. The highest BCUT2D eigenvalue weighted by atomic mass is 16.1. The van der Waals surface area contributed by atoms with Crippen LogP contribution in [0.2, 0.25) is 0 Å². The van der Waals surface area contributed by atoms with E-state index in [-0.39, 0.29) is 0 Å². The number of hydrogen-bond donors (Lipinski definition) is 0. The summed E-state index contributed by atoms with van der Waals surface area (Å²) in [6.45, 7) is 3.90. The van der Waals surface area contributed by atoms with Crippen LogP contribution in [-0.2, 0) is 18.3 Å². The maximum Gasteiger partial charge on any atom is 0.132 e. The van der Waals surface area contributed by atoms with E-state index >= 15 is 0 Å². The van der Waals surface area contributed by atoms with E-state index in [1.807, 2.05) is 25.6 Å². The van der Waals surface area contributed by atoms with Crippen LogP contribution in [0.1, 0.15) is 37.6 Å². The second kappa shape index (κ2) is 4.94. The minimum atomic E-state index is 0.351. The lowest BCUT2D eigenvalue weighted by atomic mass is 10.1. The number of ketones is 1. The lowest BCUT2D eigenvalue weighted by Gasteiger charge is -2.00. The number of hydrogen-bond acceptors (Lipinski definition) is 2. The number of carbonyl (C=O) groups excluding carboxylic acids is 1. The Kier molecular flexibility index (Phi) is 3.86. The first kappa shape index (κ1) is 11.0. The predicted molar refractivity (Wildman–Crippen MR) is 56.2 cm³/mol. The molecule has 0 aliphatic heterocycles. The summed E-state index contributed by atoms with van der Waals surface area (Å²) in [6, 6.07) is 2.08. The lowest BCUT2D eigenvalue weighted by molar-refractivity contribution is -0.118. The van der Waals surface area contributed by atoms with Crippen molar-refractivity contribution in [2.24, 2.45) is 7.05 Å². The van der Waals surface area contributed by atoms with Crippen molar-refractivity contribution in [3.63, 3.8) is 0 Å². The smallest absolute Gasteiger partial charge is 0.132 e. The molecule has 0 N–H and O–H groups in total. The first-order valence-corrected chi connectivity index (χ1v) is 5.14. The van der Waals surface area contributed by atoms with Gasteiger partial charge >= 0.3 is 0 Å². The predicted octanol–water partition coefficient (Wildman–Crippen LogP) is 2.03. The summed E-state index contributed by atoms with van der Waals surface area (Å²) < 4.78 is 1.89. The van der Waals surface area contributed by atoms with Gasteiger partial charge in [-0.25, -0.2) is 0 Å². The van der Waals surface area contributed by atoms with Gasteiger partial charge in [-0.05, 0) is 25.8 Å². The van der Waals surface area contributed by atoms with Gasteiger partial charge in [-0.2, -0.15) is 5.10 Å². The Balaban J connectivity index is 2.38. The molecule has 0 amide bonds. The van der Waals surface area contributed by atoms with Gasteiger partial charge in [-0.1, -0.05) is 6.92 Å². The van der Waals surface area contributed by atoms with Crippen molar-refractivity contribution in [3.8, 4) is 0 Å². The van der Waals surface area contributed by atoms with Crippen molar-refractivity contribution in [2.75, 3.05) is 0 Å². The van der Waals surface area contributed by atoms with Gasteiger partial charge in [-0.15, -0.1) is 0 Å². The van der Waals surface area contributed by atoms with E-state index in [1.54, 1.807) is 0 Å². The van der Waals surface area contributed by atoms with E-state index < -0.39 is 0 Å². The Hall–Kier alpha value is -1.12. The zero-order valence-corrected chi connectivity index (χ0v) is 9.21. The SMILES string of the molecule is CCC(=O)CCCc1cc(C)nn1C. The summed E-state index contributed by atoms with van der Waals surface area (Å²) in [4.78, 5) is 11.1. The van der Waals surface area contributed by atoms with E-state index in [2.05, 4.69) is 11.2 Å². The summed E-state index contributed by atoms with van der Waals surface area (Å²) in [6.07, 6.45) is 3.24. The molecular formula is C11H18N2O. The average Bonchev–Trinajstić information content (AvgIpc) is 2.45. The Morgan fingerprint density at radius 1 is 1.57 bits per heavy atom. The number of rotatable bonds is 5. The summed E-state index contributed by atoms with van der Waals surface area (Å²) in [7, 11) is 1.95. The standard InChI is InChI=1S/C11H18N2O/c1-4-11(14)7-5-6-10-8-9(2)12-13(10)3/h8H,4-7H2,1-3H3. The van der Waals surface area contributed by atoms with Crippen LogP contribution in [0.3, 0.4) is 0 Å². The fourth-order valence-corrected chi connectivity index (χ4v) is 1.54. The van der Waals surface area contributed by atoms with Crippen molar-refractivity contribution in [3.05, 3.63) is 17.5 Å². The molecule has 1 rings (SSSR count). The fourth-order valence-electron chi connectivity index (χ4n) is 1.54. The molecule has 0 fully saturated rings. The molecule has 3 heteroatoms. The molecule has 1 aromatic rings. The topological polar surface area (TPSA) is 34.9 Å². The van der Waals surface area contributed by atoms with Crippen LogP contribution in [-0.4, -0.2) is 15.6 Å². The van der Waals surface area contributed by atoms with Gasteiger partial charge in [-0.3, -0.25) is 9.48 Å². The molecule has 0 aliphatic carbocycles. The van der Waals surface area contributed by atoms with E-state index in [4.69, 9.17) is 0 Å². The molecule has 0 aromatic carbocycles. The zero-order valence-electron chi connectivity index (χ0n) is 9.21. The van der Waals surface area contributed by atoms with E-state index in [0.717, 1.165) is 18.5 Å². The molecule has 0 spiro atoms. The number of aromatic nitrogens is 2. The maximum absolute atomic E-state index is 11.1. The van der Waals surface area contributed by atoms with Gasteiger partial charge in [0.2, 0.25) is 0 Å². The van der Waals surface area contributed by atoms with Crippen molar-refractivity contribution in [2.45, 2.75) is 39.5 Å². The molecule has 0 bridgehead atoms. The molecule has 0 saturated heterocycles. The van der Waals surface area contributed by atoms with Crippen molar-refractivity contribution < 1.29 is 4.79 Å². The summed E-state index contributed by atoms with van der Waals surface area (Å²) in [5, 5.41) is 4.26. The van der Waals surface area contributed by atoms with Crippen LogP contribution in [0, 0.1) is 6.92 Å². The van der Waals surface area contributed by atoms with Crippen LogP contribution < -0.4 is 0 Å². The molecular weight excluding hydrogens is 176 g/mol. The van der Waals surface area contributed by atoms with Crippen LogP contribution in [0.15, 0.2) is 6.07 Å². The van der Waals surface area contributed by atoms with Gasteiger partial charge < -0.3 is 0 Å². The Bertz CT molecular complexity index is 315. The van der Waals surface area contributed by atoms with Crippen molar-refractivity contribution >= 4 is 5.78 Å². The molecule has 3 nitrogen and oxygen atoms in total. The molecule has 1 aromatic heterocycles.